The second-order valence-electron chi connectivity index (χ2n) is 8.73. The van der Waals surface area contributed by atoms with Crippen LogP contribution in [0.2, 0.25) is 0 Å². The molecule has 3 heterocycles. The molecule has 2 aromatic carbocycles. The minimum atomic E-state index is -4.45. The number of pyridine rings is 1. The minimum Gasteiger partial charge on any atom is -0.366 e. The predicted octanol–water partition coefficient (Wildman–Crippen LogP) is 5.76. The third-order valence-electron chi connectivity index (χ3n) is 6.15. The molecule has 0 fully saturated rings. The van der Waals surface area contributed by atoms with Gasteiger partial charge in [0.2, 0.25) is 5.95 Å². The Balaban J connectivity index is 1.29. The van der Waals surface area contributed by atoms with Crippen molar-refractivity contribution in [2.75, 3.05) is 22.1 Å². The van der Waals surface area contributed by atoms with Crippen LogP contribution in [0.1, 0.15) is 32.7 Å². The van der Waals surface area contributed by atoms with Crippen molar-refractivity contribution in [2.45, 2.75) is 26.1 Å². The van der Waals surface area contributed by atoms with Crippen LogP contribution in [0.4, 0.5) is 36.2 Å². The number of benzene rings is 2. The number of carbonyl (C=O) groups excluding carboxylic acids is 1. The zero-order chi connectivity index (χ0) is 26.0. The van der Waals surface area contributed by atoms with E-state index in [1.807, 2.05) is 37.4 Å². The summed E-state index contributed by atoms with van der Waals surface area (Å²) in [6, 6.07) is 13.4. The van der Waals surface area contributed by atoms with Gasteiger partial charge in [-0.1, -0.05) is 6.07 Å². The van der Waals surface area contributed by atoms with Crippen LogP contribution < -0.4 is 15.5 Å². The van der Waals surface area contributed by atoms with Crippen LogP contribution in [-0.4, -0.2) is 27.4 Å². The Bertz CT molecular complexity index is 1420. The van der Waals surface area contributed by atoms with Crippen molar-refractivity contribution < 1.29 is 18.0 Å². The van der Waals surface area contributed by atoms with Crippen LogP contribution in [0, 0.1) is 6.92 Å². The van der Waals surface area contributed by atoms with Gasteiger partial charge in [0.1, 0.15) is 0 Å². The summed E-state index contributed by atoms with van der Waals surface area (Å²) < 4.78 is 38.4. The van der Waals surface area contributed by atoms with E-state index in [0.717, 1.165) is 53.3 Å². The number of amides is 1. The Morgan fingerprint density at radius 1 is 1.00 bits per heavy atom. The molecule has 0 bridgehead atoms. The van der Waals surface area contributed by atoms with E-state index in [1.165, 1.54) is 12.1 Å². The maximum Gasteiger partial charge on any atom is 0.416 e. The smallest absolute Gasteiger partial charge is 0.366 e. The topological polar surface area (TPSA) is 83.0 Å². The highest BCUT2D eigenvalue weighted by atomic mass is 19.4. The van der Waals surface area contributed by atoms with Crippen molar-refractivity contribution in [3.05, 3.63) is 101 Å². The number of rotatable bonds is 5. The van der Waals surface area contributed by atoms with Crippen molar-refractivity contribution in [1.29, 1.82) is 0 Å². The van der Waals surface area contributed by atoms with Crippen LogP contribution in [0.25, 0.3) is 0 Å². The molecule has 2 N–H and O–H groups in total. The molecule has 0 saturated carbocycles. The molecule has 0 atom stereocenters. The summed E-state index contributed by atoms with van der Waals surface area (Å²) in [6.45, 7) is 3.34. The summed E-state index contributed by atoms with van der Waals surface area (Å²) >= 11 is 0. The lowest BCUT2D eigenvalue weighted by Gasteiger charge is -2.31. The van der Waals surface area contributed by atoms with Gasteiger partial charge >= 0.3 is 6.18 Å². The van der Waals surface area contributed by atoms with E-state index in [4.69, 9.17) is 0 Å². The number of aromatic nitrogens is 3. The number of halogens is 3. The Hall–Kier alpha value is -4.47. The van der Waals surface area contributed by atoms with Gasteiger partial charge in [0.15, 0.2) is 0 Å². The van der Waals surface area contributed by atoms with E-state index in [9.17, 15) is 18.0 Å². The van der Waals surface area contributed by atoms with E-state index in [0.29, 0.717) is 18.2 Å². The summed E-state index contributed by atoms with van der Waals surface area (Å²) in [5, 5.41) is 5.97. The van der Waals surface area contributed by atoms with Crippen molar-refractivity contribution in [2.24, 2.45) is 0 Å². The summed E-state index contributed by atoms with van der Waals surface area (Å²) in [7, 11) is 0. The van der Waals surface area contributed by atoms with Crippen molar-refractivity contribution in [3.8, 4) is 0 Å². The number of anilines is 4. The molecule has 37 heavy (non-hydrogen) atoms. The number of nitrogens with one attached hydrogen (secondary N) is 2. The van der Waals surface area contributed by atoms with Gasteiger partial charge in [-0.05, 0) is 61.0 Å². The highest BCUT2D eigenvalue weighted by molar-refractivity contribution is 6.04. The molecule has 0 aliphatic carbocycles. The number of nitrogens with zero attached hydrogens (tertiary/aromatic N) is 4. The zero-order valence-electron chi connectivity index (χ0n) is 19.9. The average molecular weight is 505 g/mol. The molecule has 0 unspecified atom stereocenters. The molecule has 1 amide bonds. The van der Waals surface area contributed by atoms with Crippen LogP contribution in [-0.2, 0) is 19.1 Å². The third kappa shape index (κ3) is 5.53. The van der Waals surface area contributed by atoms with Gasteiger partial charge < -0.3 is 15.5 Å². The Labute approximate surface area is 211 Å². The largest absolute Gasteiger partial charge is 0.416 e. The first-order valence-corrected chi connectivity index (χ1v) is 11.6. The monoisotopic (exact) mass is 504 g/mol. The lowest BCUT2D eigenvalue weighted by molar-refractivity contribution is -0.137. The number of fused-ring (bicyclic) bond motifs is 1. The van der Waals surface area contributed by atoms with E-state index < -0.39 is 17.6 Å². The Morgan fingerprint density at radius 2 is 1.76 bits per heavy atom. The Kier molecular flexibility index (Phi) is 6.47. The number of aryl methyl sites for hydroxylation is 1. The fourth-order valence-corrected chi connectivity index (χ4v) is 4.19. The summed E-state index contributed by atoms with van der Waals surface area (Å²) in [5.74, 6) is 0.0534. The molecule has 2 aromatic heterocycles. The number of hydrogen-bond acceptors (Lipinski definition) is 6. The van der Waals surface area contributed by atoms with Crippen molar-refractivity contribution in [1.82, 2.24) is 15.0 Å². The molecule has 1 aliphatic rings. The first-order chi connectivity index (χ1) is 17.8. The van der Waals surface area contributed by atoms with Gasteiger partial charge in [-0.25, -0.2) is 9.97 Å². The van der Waals surface area contributed by atoms with Gasteiger partial charge in [-0.2, -0.15) is 13.2 Å². The Morgan fingerprint density at radius 3 is 2.49 bits per heavy atom. The van der Waals surface area contributed by atoms with E-state index >= 15 is 0 Å². The van der Waals surface area contributed by atoms with E-state index in [1.54, 1.807) is 18.5 Å². The number of hydrogen-bond donors (Lipinski definition) is 2. The van der Waals surface area contributed by atoms with Crippen LogP contribution in [0.3, 0.4) is 0 Å². The zero-order valence-corrected chi connectivity index (χ0v) is 19.9. The maximum absolute atomic E-state index is 12.8. The van der Waals surface area contributed by atoms with Gasteiger partial charge in [0.05, 0.1) is 11.3 Å². The van der Waals surface area contributed by atoms with Gasteiger partial charge in [-0.3, -0.25) is 9.78 Å². The molecule has 1 aliphatic heterocycles. The molecule has 188 valence electrons. The molecule has 0 spiro atoms. The first kappa shape index (κ1) is 24.2. The van der Waals surface area contributed by atoms with E-state index in [2.05, 4.69) is 30.5 Å². The average Bonchev–Trinajstić information content (AvgIpc) is 2.89. The molecule has 10 heteroatoms. The lowest BCUT2D eigenvalue weighted by Crippen LogP contribution is -2.32. The standard InChI is InChI=1S/C27H23F3N6O/c1-17-2-7-22(33-25(37)18-3-5-20(6-4-18)27(28,29)30)14-24(17)36-13-10-23-19(16-36)15-32-26(35-23)34-21-8-11-31-12-9-21/h2-9,11-12,14-15H,10,13,16H2,1H3,(H,33,37)(H,31,32,34,35). The summed E-state index contributed by atoms with van der Waals surface area (Å²) in [5.41, 5.74) is 4.76. The van der Waals surface area contributed by atoms with Crippen molar-refractivity contribution in [3.63, 3.8) is 0 Å². The number of alkyl halides is 3. The molecular formula is C27H23F3N6O. The molecular weight excluding hydrogens is 481 g/mol. The second-order valence-corrected chi connectivity index (χ2v) is 8.73. The maximum atomic E-state index is 12.8. The molecule has 0 radical (unpaired) electrons. The second kappa shape index (κ2) is 9.88. The third-order valence-corrected chi connectivity index (χ3v) is 6.15. The van der Waals surface area contributed by atoms with Crippen LogP contribution >= 0.6 is 0 Å². The number of carbonyl (C=O) groups is 1. The molecule has 5 rings (SSSR count). The first-order valence-electron chi connectivity index (χ1n) is 11.6. The molecule has 4 aromatic rings. The highest BCUT2D eigenvalue weighted by Crippen LogP contribution is 2.31. The predicted molar refractivity (Wildman–Crippen MR) is 135 cm³/mol. The van der Waals surface area contributed by atoms with Gasteiger partial charge in [0.25, 0.3) is 5.91 Å². The quantitative estimate of drug-likeness (QED) is 0.360. The van der Waals surface area contributed by atoms with Crippen LogP contribution in [0.15, 0.2) is 73.2 Å². The summed E-state index contributed by atoms with van der Waals surface area (Å²) in [6.07, 6.45) is 1.49. The highest BCUT2D eigenvalue weighted by Gasteiger charge is 2.30. The fraction of sp³-hybridized carbons (Fsp3) is 0.185. The normalized spacial score (nSPS) is 13.1. The van der Waals surface area contributed by atoms with E-state index in [-0.39, 0.29) is 5.56 Å². The lowest BCUT2D eigenvalue weighted by atomic mass is 10.0. The minimum absolute atomic E-state index is 0.148. The molecule has 0 saturated heterocycles. The molecule has 7 nitrogen and oxygen atoms in total. The summed E-state index contributed by atoms with van der Waals surface area (Å²) in [4.78, 5) is 28.0. The van der Waals surface area contributed by atoms with Gasteiger partial charge in [-0.15, -0.1) is 0 Å². The van der Waals surface area contributed by atoms with Crippen molar-refractivity contribution >= 4 is 28.9 Å². The SMILES string of the molecule is Cc1ccc(NC(=O)c2ccc(C(F)(F)F)cc2)cc1N1CCc2nc(Nc3ccncc3)ncc2C1. The van der Waals surface area contributed by atoms with Crippen LogP contribution in [0.5, 0.6) is 0 Å². The van der Waals surface area contributed by atoms with Gasteiger partial charge in [0, 0.05) is 66.3 Å². The fourth-order valence-electron chi connectivity index (χ4n) is 4.19.